The molecule has 4 nitrogen and oxygen atoms in total. The van der Waals surface area contributed by atoms with Gasteiger partial charge in [0.15, 0.2) is 18.1 Å². The summed E-state index contributed by atoms with van der Waals surface area (Å²) in [6.07, 6.45) is 28.3. The Morgan fingerprint density at radius 3 is 1.04 bits per heavy atom. The van der Waals surface area contributed by atoms with Crippen LogP contribution in [0.2, 0.25) is 0 Å². The summed E-state index contributed by atoms with van der Waals surface area (Å²) < 4.78 is 27.2. The Kier molecular flexibility index (Phi) is 13.0. The highest BCUT2D eigenvalue weighted by molar-refractivity contribution is 7.26. The first-order valence-electron chi connectivity index (χ1n) is 20.2. The number of rotatable bonds is 9. The van der Waals surface area contributed by atoms with Crippen LogP contribution in [0.25, 0.3) is 0 Å². The Morgan fingerprint density at radius 2 is 0.674 bits per heavy atom. The van der Waals surface area contributed by atoms with E-state index in [1.165, 1.54) is 128 Å². The lowest BCUT2D eigenvalue weighted by atomic mass is 9.61. The number of hydrogen-bond acceptors (Lipinski definition) is 4. The van der Waals surface area contributed by atoms with E-state index in [2.05, 4.69) is 41.5 Å². The van der Waals surface area contributed by atoms with Gasteiger partial charge in [0.05, 0.1) is 24.4 Å². The molecule has 0 N–H and O–H groups in total. The van der Waals surface area contributed by atoms with E-state index in [1.807, 2.05) is 0 Å². The molecule has 0 radical (unpaired) electrons. The molecular weight excluding hydrogens is 606 g/mol. The van der Waals surface area contributed by atoms with E-state index in [-0.39, 0.29) is 18.1 Å². The molecule has 0 bridgehead atoms. The topological polar surface area (TPSA) is 36.9 Å². The zero-order valence-electron chi connectivity index (χ0n) is 30.7. The minimum atomic E-state index is 0.184. The van der Waals surface area contributed by atoms with Crippen LogP contribution in [0.1, 0.15) is 170 Å². The fourth-order valence-electron chi connectivity index (χ4n) is 11.6. The van der Waals surface area contributed by atoms with Gasteiger partial charge in [0.2, 0.25) is 0 Å². The summed E-state index contributed by atoms with van der Waals surface area (Å²) >= 11 is 0. The van der Waals surface area contributed by atoms with E-state index in [4.69, 9.17) is 18.1 Å². The molecule has 0 amide bonds. The zero-order valence-corrected chi connectivity index (χ0v) is 32.7. The van der Waals surface area contributed by atoms with E-state index in [0.717, 1.165) is 23.7 Å². The van der Waals surface area contributed by atoms with Crippen molar-refractivity contribution in [3.63, 3.8) is 0 Å². The van der Waals surface area contributed by atoms with Gasteiger partial charge in [0.1, 0.15) is 0 Å². The van der Waals surface area contributed by atoms with Crippen molar-refractivity contribution in [1.82, 2.24) is 0 Å². The average molecular weight is 679 g/mol. The van der Waals surface area contributed by atoms with Gasteiger partial charge in [0, 0.05) is 0 Å². The van der Waals surface area contributed by atoms with Crippen LogP contribution in [0, 0.1) is 58.2 Å². The molecular formula is C40H72O4P2. The Bertz CT molecular complexity index is 857. The molecule has 6 fully saturated rings. The van der Waals surface area contributed by atoms with Crippen LogP contribution in [0.15, 0.2) is 0 Å². The fourth-order valence-corrected chi connectivity index (χ4v) is 13.3. The van der Waals surface area contributed by atoms with Gasteiger partial charge in [-0.1, -0.05) is 119 Å². The highest BCUT2D eigenvalue weighted by Crippen LogP contribution is 2.53. The predicted molar refractivity (Wildman–Crippen MR) is 195 cm³/mol. The first-order valence-corrected chi connectivity index (χ1v) is 21.8. The highest BCUT2D eigenvalue weighted by atomic mass is 31.1. The summed E-state index contributed by atoms with van der Waals surface area (Å²) in [7, 11) is 0.369. The van der Waals surface area contributed by atoms with Crippen molar-refractivity contribution in [2.45, 2.75) is 194 Å². The van der Waals surface area contributed by atoms with Gasteiger partial charge in [-0.05, 0) is 110 Å². The molecule has 266 valence electrons. The van der Waals surface area contributed by atoms with Crippen molar-refractivity contribution in [3.8, 4) is 0 Å². The van der Waals surface area contributed by atoms with Gasteiger partial charge in [-0.25, -0.2) is 0 Å². The van der Waals surface area contributed by atoms with Gasteiger partial charge < -0.3 is 18.1 Å². The normalized spacial score (nSPS) is 43.2. The standard InChI is InChI=1S/C40H72O4P2/c1-39(2,3)33-23-27-15-7-9-17-29(27)25-37(33)43-45-41-35-21-13-11-19-31(35)32-20-12-14-22-36(32)42-46-44-38-26-30-18-10-8-16-28(30)24-34(38)40(4,5)6/h27-38,45-46H,7-26H2,1-6H3. The molecule has 6 saturated carbocycles. The van der Waals surface area contributed by atoms with E-state index in [9.17, 15) is 0 Å². The lowest BCUT2D eigenvalue weighted by Crippen LogP contribution is -2.43. The lowest BCUT2D eigenvalue weighted by molar-refractivity contribution is -0.0464. The van der Waals surface area contributed by atoms with Crippen molar-refractivity contribution < 1.29 is 18.1 Å². The van der Waals surface area contributed by atoms with Crippen molar-refractivity contribution in [2.24, 2.45) is 58.2 Å². The average Bonchev–Trinajstić information content (AvgIpc) is 3.03. The summed E-state index contributed by atoms with van der Waals surface area (Å²) in [6, 6.07) is 0. The first kappa shape index (κ1) is 36.5. The van der Waals surface area contributed by atoms with Crippen LogP contribution in [0.4, 0.5) is 0 Å². The van der Waals surface area contributed by atoms with Gasteiger partial charge in [-0.3, -0.25) is 0 Å². The molecule has 46 heavy (non-hydrogen) atoms. The summed E-state index contributed by atoms with van der Waals surface area (Å²) in [5.41, 5.74) is 0.589. The van der Waals surface area contributed by atoms with E-state index < -0.39 is 0 Å². The van der Waals surface area contributed by atoms with Crippen molar-refractivity contribution in [1.29, 1.82) is 0 Å². The lowest BCUT2D eigenvalue weighted by Gasteiger charge is -2.48. The smallest absolute Gasteiger partial charge is 0.155 e. The third-order valence-corrected chi connectivity index (χ3v) is 15.9. The second-order valence-electron chi connectivity index (χ2n) is 19.2. The molecule has 14 unspecified atom stereocenters. The monoisotopic (exact) mass is 678 g/mol. The third kappa shape index (κ3) is 9.13. The molecule has 6 rings (SSSR count). The van der Waals surface area contributed by atoms with Crippen LogP contribution in [-0.2, 0) is 18.1 Å². The fraction of sp³-hybridized carbons (Fsp3) is 1.00. The molecule has 14 atom stereocenters. The highest BCUT2D eigenvalue weighted by Gasteiger charge is 2.46. The SMILES string of the molecule is CC(C)(C)C1CC2CCCCC2CC1OPOC1CCCCC1C1CCCCC1OPOC1CC2CCCCC2CC1C(C)(C)C. The van der Waals surface area contributed by atoms with E-state index in [0.29, 0.717) is 58.9 Å². The Morgan fingerprint density at radius 1 is 0.370 bits per heavy atom. The minimum absolute atomic E-state index is 0.184. The first-order chi connectivity index (χ1) is 22.1. The second kappa shape index (κ2) is 16.4. The van der Waals surface area contributed by atoms with Gasteiger partial charge >= 0.3 is 0 Å². The maximum absolute atomic E-state index is 6.82. The maximum Gasteiger partial charge on any atom is 0.155 e. The number of fused-ring (bicyclic) bond motifs is 2. The minimum Gasteiger partial charge on any atom is -0.333 e. The Balaban J connectivity index is 1.03. The number of hydrogen-bond donors (Lipinski definition) is 0. The van der Waals surface area contributed by atoms with Gasteiger partial charge in [-0.2, -0.15) is 0 Å². The molecule has 0 aromatic rings. The van der Waals surface area contributed by atoms with Crippen LogP contribution >= 0.6 is 18.1 Å². The molecule has 6 heteroatoms. The summed E-state index contributed by atoms with van der Waals surface area (Å²) in [4.78, 5) is 0. The maximum atomic E-state index is 6.82. The second-order valence-corrected chi connectivity index (χ2v) is 20.5. The van der Waals surface area contributed by atoms with Crippen LogP contribution in [0.3, 0.4) is 0 Å². The molecule has 0 aliphatic heterocycles. The Labute approximate surface area is 288 Å². The van der Waals surface area contributed by atoms with E-state index in [1.54, 1.807) is 0 Å². The van der Waals surface area contributed by atoms with Crippen molar-refractivity contribution >= 4 is 18.1 Å². The Hall–Kier alpha value is 0.700. The summed E-state index contributed by atoms with van der Waals surface area (Å²) in [5, 5.41) is 0. The largest absolute Gasteiger partial charge is 0.333 e. The summed E-state index contributed by atoms with van der Waals surface area (Å²) in [5.74, 6) is 6.12. The van der Waals surface area contributed by atoms with Crippen molar-refractivity contribution in [2.75, 3.05) is 0 Å². The molecule has 6 aliphatic carbocycles. The molecule has 0 aromatic carbocycles. The summed E-state index contributed by atoms with van der Waals surface area (Å²) in [6.45, 7) is 14.6. The van der Waals surface area contributed by atoms with Crippen LogP contribution in [0.5, 0.6) is 0 Å². The molecule has 0 spiro atoms. The van der Waals surface area contributed by atoms with Gasteiger partial charge in [-0.15, -0.1) is 0 Å². The molecule has 6 aliphatic rings. The van der Waals surface area contributed by atoms with Crippen molar-refractivity contribution in [3.05, 3.63) is 0 Å². The van der Waals surface area contributed by atoms with Crippen LogP contribution < -0.4 is 0 Å². The predicted octanol–water partition coefficient (Wildman–Crippen LogP) is 12.4. The van der Waals surface area contributed by atoms with Crippen LogP contribution in [-0.4, -0.2) is 24.4 Å². The third-order valence-electron chi connectivity index (χ3n) is 14.3. The molecule has 0 saturated heterocycles. The van der Waals surface area contributed by atoms with E-state index >= 15 is 0 Å². The van der Waals surface area contributed by atoms with Gasteiger partial charge in [0.25, 0.3) is 0 Å². The molecule has 0 heterocycles. The molecule has 0 aromatic heterocycles. The quantitative estimate of drug-likeness (QED) is 0.227. The zero-order chi connectivity index (χ0) is 32.3.